The zero-order valence-corrected chi connectivity index (χ0v) is 10.7. The molecule has 94 valence electrons. The van der Waals surface area contributed by atoms with Crippen LogP contribution >= 0.6 is 0 Å². The van der Waals surface area contributed by atoms with E-state index in [1.807, 2.05) is 26.0 Å². The fourth-order valence-electron chi connectivity index (χ4n) is 2.04. The molecule has 0 aliphatic rings. The fourth-order valence-corrected chi connectivity index (χ4v) is 2.04. The van der Waals surface area contributed by atoms with Crippen molar-refractivity contribution in [1.29, 1.82) is 0 Å². The van der Waals surface area contributed by atoms with Crippen molar-refractivity contribution in [2.45, 2.75) is 20.3 Å². The van der Waals surface area contributed by atoms with Crippen molar-refractivity contribution in [3.63, 3.8) is 0 Å². The number of aryl methyl sites for hydroxylation is 2. The van der Waals surface area contributed by atoms with Crippen LogP contribution in [0.1, 0.15) is 18.1 Å². The quantitative estimate of drug-likeness (QED) is 0.612. The van der Waals surface area contributed by atoms with E-state index in [1.54, 1.807) is 6.08 Å². The molecule has 2 aromatic rings. The van der Waals surface area contributed by atoms with E-state index in [0.717, 1.165) is 28.7 Å². The Morgan fingerprint density at radius 3 is 2.89 bits per heavy atom. The molecule has 0 amide bonds. The number of hydrogen-bond acceptors (Lipinski definition) is 3. The number of ether oxygens (including phenoxy) is 1. The fraction of sp³-hybridized carbons (Fsp3) is 0.267. The van der Waals surface area contributed by atoms with Crippen LogP contribution < -0.4 is 10.4 Å². The predicted molar refractivity (Wildman–Crippen MR) is 72.3 cm³/mol. The van der Waals surface area contributed by atoms with Gasteiger partial charge < -0.3 is 9.15 Å². The summed E-state index contributed by atoms with van der Waals surface area (Å²) >= 11 is 0. The summed E-state index contributed by atoms with van der Waals surface area (Å²) in [5, 5.41) is 0.956. The second-order valence-corrected chi connectivity index (χ2v) is 4.12. The molecule has 3 heteroatoms. The van der Waals surface area contributed by atoms with Crippen LogP contribution in [0.2, 0.25) is 0 Å². The third kappa shape index (κ3) is 2.16. The number of benzene rings is 1. The van der Waals surface area contributed by atoms with Gasteiger partial charge in [-0.25, -0.2) is 4.79 Å². The van der Waals surface area contributed by atoms with Crippen molar-refractivity contribution in [3.8, 4) is 5.75 Å². The van der Waals surface area contributed by atoms with Gasteiger partial charge in [-0.1, -0.05) is 19.6 Å². The molecule has 0 saturated heterocycles. The normalized spacial score (nSPS) is 10.6. The summed E-state index contributed by atoms with van der Waals surface area (Å²) in [5.41, 5.74) is 2.15. The van der Waals surface area contributed by atoms with E-state index in [-0.39, 0.29) is 5.63 Å². The lowest BCUT2D eigenvalue weighted by molar-refractivity contribution is 0.359. The molecule has 0 spiro atoms. The Labute approximate surface area is 106 Å². The van der Waals surface area contributed by atoms with E-state index < -0.39 is 0 Å². The summed E-state index contributed by atoms with van der Waals surface area (Å²) in [6.07, 6.45) is 2.44. The zero-order chi connectivity index (χ0) is 13.1. The van der Waals surface area contributed by atoms with Crippen LogP contribution in [0.4, 0.5) is 0 Å². The summed E-state index contributed by atoms with van der Waals surface area (Å²) in [6, 6.07) is 5.34. The maximum atomic E-state index is 11.5. The van der Waals surface area contributed by atoms with Gasteiger partial charge in [-0.15, -0.1) is 0 Å². The molecule has 0 unspecified atom stereocenters. The highest BCUT2D eigenvalue weighted by molar-refractivity contribution is 5.84. The van der Waals surface area contributed by atoms with E-state index >= 15 is 0 Å². The highest BCUT2D eigenvalue weighted by Gasteiger charge is 2.11. The van der Waals surface area contributed by atoms with Crippen LogP contribution in [0.3, 0.4) is 0 Å². The van der Waals surface area contributed by atoms with E-state index in [4.69, 9.17) is 9.15 Å². The molecule has 18 heavy (non-hydrogen) atoms. The average molecular weight is 244 g/mol. The van der Waals surface area contributed by atoms with Crippen molar-refractivity contribution in [1.82, 2.24) is 0 Å². The summed E-state index contributed by atoms with van der Waals surface area (Å²) in [7, 11) is 0. The molecule has 0 aliphatic carbocycles. The summed E-state index contributed by atoms with van der Waals surface area (Å²) in [6.45, 7) is 7.98. The molecule has 3 nitrogen and oxygen atoms in total. The van der Waals surface area contributed by atoms with Gasteiger partial charge in [0.25, 0.3) is 0 Å². The first-order chi connectivity index (χ1) is 8.67. The lowest BCUT2D eigenvalue weighted by Gasteiger charge is -2.11. The molecular formula is C15H16O3. The highest BCUT2D eigenvalue weighted by Crippen LogP contribution is 2.29. The van der Waals surface area contributed by atoms with Crippen molar-refractivity contribution < 1.29 is 9.15 Å². The largest absolute Gasteiger partial charge is 0.489 e. The van der Waals surface area contributed by atoms with Crippen LogP contribution in [0.15, 0.2) is 40.1 Å². The molecule has 0 atom stereocenters. The Bertz CT molecular complexity index is 638. The Morgan fingerprint density at radius 2 is 2.22 bits per heavy atom. The van der Waals surface area contributed by atoms with Gasteiger partial charge in [0.2, 0.25) is 0 Å². The van der Waals surface area contributed by atoms with Gasteiger partial charge in [-0.2, -0.15) is 0 Å². The molecule has 0 saturated carbocycles. The number of fused-ring (bicyclic) bond motifs is 1. The van der Waals surface area contributed by atoms with Gasteiger partial charge in [-0.3, -0.25) is 0 Å². The Balaban J connectivity index is 2.70. The maximum Gasteiger partial charge on any atom is 0.336 e. The standard InChI is InChI=1S/C15H16O3/c1-4-8-17-13-7-6-12-10(3)9-14(16)18-15(12)11(13)5-2/h4,6-7,9H,1,5,8H2,2-3H3. The minimum Gasteiger partial charge on any atom is -0.489 e. The monoisotopic (exact) mass is 244 g/mol. The average Bonchev–Trinajstić information content (AvgIpc) is 2.35. The maximum absolute atomic E-state index is 11.5. The molecule has 1 heterocycles. The lowest BCUT2D eigenvalue weighted by Crippen LogP contribution is -2.02. The summed E-state index contributed by atoms with van der Waals surface area (Å²) in [4.78, 5) is 11.5. The molecule has 1 aromatic carbocycles. The predicted octanol–water partition coefficient (Wildman–Crippen LogP) is 3.23. The van der Waals surface area contributed by atoms with Gasteiger partial charge in [-0.05, 0) is 31.0 Å². The van der Waals surface area contributed by atoms with Crippen LogP contribution in [0, 0.1) is 6.92 Å². The Hall–Kier alpha value is -2.03. The first-order valence-corrected chi connectivity index (χ1v) is 5.97. The van der Waals surface area contributed by atoms with E-state index in [2.05, 4.69) is 6.58 Å². The smallest absolute Gasteiger partial charge is 0.336 e. The Kier molecular flexibility index (Phi) is 3.51. The summed E-state index contributed by atoms with van der Waals surface area (Å²) in [5.74, 6) is 0.749. The van der Waals surface area contributed by atoms with Crippen molar-refractivity contribution in [2.24, 2.45) is 0 Å². The van der Waals surface area contributed by atoms with Gasteiger partial charge in [0.15, 0.2) is 0 Å². The van der Waals surface area contributed by atoms with E-state index in [9.17, 15) is 4.79 Å². The van der Waals surface area contributed by atoms with Gasteiger partial charge in [0.1, 0.15) is 17.9 Å². The van der Waals surface area contributed by atoms with Crippen molar-refractivity contribution in [2.75, 3.05) is 6.61 Å². The molecule has 0 bridgehead atoms. The summed E-state index contributed by atoms with van der Waals surface area (Å²) < 4.78 is 10.9. The Morgan fingerprint density at radius 1 is 1.44 bits per heavy atom. The molecule has 2 rings (SSSR count). The minimum atomic E-state index is -0.324. The first-order valence-electron chi connectivity index (χ1n) is 5.97. The first kappa shape index (κ1) is 12.4. The van der Waals surface area contributed by atoms with Crippen LogP contribution in [-0.2, 0) is 6.42 Å². The SMILES string of the molecule is C=CCOc1ccc2c(C)cc(=O)oc2c1CC. The van der Waals surface area contributed by atoms with Crippen LogP contribution in [0.25, 0.3) is 11.0 Å². The lowest BCUT2D eigenvalue weighted by atomic mass is 10.0. The number of hydrogen-bond donors (Lipinski definition) is 0. The van der Waals surface area contributed by atoms with Crippen molar-refractivity contribution >= 4 is 11.0 Å². The van der Waals surface area contributed by atoms with Crippen LogP contribution in [-0.4, -0.2) is 6.61 Å². The molecule has 0 N–H and O–H groups in total. The molecule has 0 aliphatic heterocycles. The van der Waals surface area contributed by atoms with Crippen molar-refractivity contribution in [3.05, 3.63) is 52.4 Å². The molecule has 0 fully saturated rings. The van der Waals surface area contributed by atoms with E-state index in [0.29, 0.717) is 12.2 Å². The second-order valence-electron chi connectivity index (χ2n) is 4.12. The molecule has 1 aromatic heterocycles. The van der Waals surface area contributed by atoms with Gasteiger partial charge in [0, 0.05) is 17.0 Å². The molecular weight excluding hydrogens is 228 g/mol. The third-order valence-electron chi connectivity index (χ3n) is 2.89. The van der Waals surface area contributed by atoms with E-state index in [1.165, 1.54) is 6.07 Å². The van der Waals surface area contributed by atoms with Gasteiger partial charge >= 0.3 is 5.63 Å². The minimum absolute atomic E-state index is 0.324. The van der Waals surface area contributed by atoms with Crippen LogP contribution in [0.5, 0.6) is 5.75 Å². The second kappa shape index (κ2) is 5.08. The highest BCUT2D eigenvalue weighted by atomic mass is 16.5. The zero-order valence-electron chi connectivity index (χ0n) is 10.7. The molecule has 0 radical (unpaired) electrons. The topological polar surface area (TPSA) is 39.4 Å². The third-order valence-corrected chi connectivity index (χ3v) is 2.89. The van der Waals surface area contributed by atoms with Gasteiger partial charge in [0.05, 0.1) is 0 Å². The number of rotatable bonds is 4.